The van der Waals surface area contributed by atoms with Gasteiger partial charge in [-0.1, -0.05) is 26.2 Å². The van der Waals surface area contributed by atoms with Crippen molar-refractivity contribution in [2.24, 2.45) is 0 Å². The first-order valence-corrected chi connectivity index (χ1v) is 5.56. The standard InChI is InChI=1S/C11H19N3O2/c1-3-4-5-6-7-16-11-9(12)10(15-2)13-8-14-11/h8H,3-7,12H2,1-2H3. The highest BCUT2D eigenvalue weighted by atomic mass is 16.5. The molecule has 0 aromatic carbocycles. The van der Waals surface area contributed by atoms with Crippen molar-refractivity contribution < 1.29 is 9.47 Å². The van der Waals surface area contributed by atoms with Crippen molar-refractivity contribution in [1.29, 1.82) is 0 Å². The maximum atomic E-state index is 5.76. The number of nitrogens with zero attached hydrogens (tertiary/aromatic N) is 2. The molecule has 1 aromatic rings. The van der Waals surface area contributed by atoms with Gasteiger partial charge in [-0.15, -0.1) is 0 Å². The molecule has 0 spiro atoms. The number of unbranched alkanes of at least 4 members (excludes halogenated alkanes) is 3. The number of ether oxygens (including phenoxy) is 2. The normalized spacial score (nSPS) is 10.1. The summed E-state index contributed by atoms with van der Waals surface area (Å²) in [4.78, 5) is 7.84. The van der Waals surface area contributed by atoms with Crippen molar-refractivity contribution >= 4 is 5.69 Å². The van der Waals surface area contributed by atoms with Crippen molar-refractivity contribution in [3.05, 3.63) is 6.33 Å². The number of nitrogen functional groups attached to an aromatic ring is 1. The number of hydrogen-bond donors (Lipinski definition) is 1. The van der Waals surface area contributed by atoms with Gasteiger partial charge in [0.1, 0.15) is 6.33 Å². The number of rotatable bonds is 7. The van der Waals surface area contributed by atoms with Crippen LogP contribution in [0.2, 0.25) is 0 Å². The summed E-state index contributed by atoms with van der Waals surface area (Å²) < 4.78 is 10.4. The molecule has 2 N–H and O–H groups in total. The molecule has 5 heteroatoms. The van der Waals surface area contributed by atoms with E-state index in [2.05, 4.69) is 16.9 Å². The number of nitrogens with two attached hydrogens (primary N) is 1. The molecule has 0 atom stereocenters. The number of aromatic nitrogens is 2. The molecule has 0 aliphatic rings. The van der Waals surface area contributed by atoms with Crippen LogP contribution in [-0.2, 0) is 0 Å². The van der Waals surface area contributed by atoms with Gasteiger partial charge >= 0.3 is 0 Å². The topological polar surface area (TPSA) is 70.3 Å². The summed E-state index contributed by atoms with van der Waals surface area (Å²) >= 11 is 0. The smallest absolute Gasteiger partial charge is 0.244 e. The molecule has 0 radical (unpaired) electrons. The number of hydrogen-bond acceptors (Lipinski definition) is 5. The molecule has 0 unspecified atom stereocenters. The van der Waals surface area contributed by atoms with Crippen LogP contribution in [0.1, 0.15) is 32.6 Å². The second-order valence-electron chi connectivity index (χ2n) is 3.51. The molecule has 90 valence electrons. The molecule has 0 aliphatic carbocycles. The van der Waals surface area contributed by atoms with Crippen molar-refractivity contribution in [3.8, 4) is 11.8 Å². The van der Waals surface area contributed by atoms with Gasteiger partial charge in [-0.2, -0.15) is 9.97 Å². The van der Waals surface area contributed by atoms with Gasteiger partial charge in [0.15, 0.2) is 5.69 Å². The van der Waals surface area contributed by atoms with E-state index in [0.717, 1.165) is 6.42 Å². The molecule has 0 aliphatic heterocycles. The summed E-state index contributed by atoms with van der Waals surface area (Å²) in [5, 5.41) is 0. The third-order valence-electron chi connectivity index (χ3n) is 2.24. The lowest BCUT2D eigenvalue weighted by Crippen LogP contribution is -2.04. The molecule has 0 bridgehead atoms. The van der Waals surface area contributed by atoms with Crippen LogP contribution in [0.5, 0.6) is 11.8 Å². The summed E-state index contributed by atoms with van der Waals surface area (Å²) in [5.41, 5.74) is 6.12. The zero-order valence-corrected chi connectivity index (χ0v) is 9.90. The van der Waals surface area contributed by atoms with Crippen LogP contribution >= 0.6 is 0 Å². The fourth-order valence-electron chi connectivity index (χ4n) is 1.34. The lowest BCUT2D eigenvalue weighted by atomic mass is 10.2. The van der Waals surface area contributed by atoms with Crippen LogP contribution in [0.15, 0.2) is 6.33 Å². The quantitative estimate of drug-likeness (QED) is 0.719. The Hall–Kier alpha value is -1.52. The van der Waals surface area contributed by atoms with E-state index in [9.17, 15) is 0 Å². The second-order valence-corrected chi connectivity index (χ2v) is 3.51. The Bertz CT molecular complexity index is 318. The van der Waals surface area contributed by atoms with Crippen molar-refractivity contribution in [3.63, 3.8) is 0 Å². The van der Waals surface area contributed by atoms with E-state index in [-0.39, 0.29) is 0 Å². The SMILES string of the molecule is CCCCCCOc1ncnc(OC)c1N. The minimum atomic E-state index is 0.360. The van der Waals surface area contributed by atoms with Crippen molar-refractivity contribution in [2.75, 3.05) is 19.5 Å². The summed E-state index contributed by atoms with van der Waals surface area (Å²) in [6, 6.07) is 0. The first-order chi connectivity index (χ1) is 7.79. The molecule has 5 nitrogen and oxygen atoms in total. The number of anilines is 1. The van der Waals surface area contributed by atoms with Crippen LogP contribution in [0.25, 0.3) is 0 Å². The van der Waals surface area contributed by atoms with Crippen LogP contribution in [0, 0.1) is 0 Å². The highest BCUT2D eigenvalue weighted by molar-refractivity contribution is 5.55. The Morgan fingerprint density at radius 2 is 1.94 bits per heavy atom. The summed E-state index contributed by atoms with van der Waals surface area (Å²) in [5.74, 6) is 0.766. The molecule has 0 fully saturated rings. The van der Waals surface area contributed by atoms with Gasteiger partial charge in [-0.25, -0.2) is 0 Å². The van der Waals surface area contributed by atoms with Gasteiger partial charge in [0.2, 0.25) is 11.8 Å². The number of methoxy groups -OCH3 is 1. The molecule has 1 aromatic heterocycles. The zero-order chi connectivity index (χ0) is 11.8. The molecule has 0 amide bonds. The van der Waals surface area contributed by atoms with E-state index >= 15 is 0 Å². The van der Waals surface area contributed by atoms with E-state index < -0.39 is 0 Å². The average molecular weight is 225 g/mol. The lowest BCUT2D eigenvalue weighted by molar-refractivity contribution is 0.292. The Morgan fingerprint density at radius 1 is 1.19 bits per heavy atom. The van der Waals surface area contributed by atoms with E-state index in [4.69, 9.17) is 15.2 Å². The Labute approximate surface area is 96.0 Å². The van der Waals surface area contributed by atoms with E-state index in [1.807, 2.05) is 0 Å². The van der Waals surface area contributed by atoms with Crippen LogP contribution < -0.4 is 15.2 Å². The average Bonchev–Trinajstić information content (AvgIpc) is 2.31. The first kappa shape index (κ1) is 12.5. The highest BCUT2D eigenvalue weighted by Crippen LogP contribution is 2.26. The van der Waals surface area contributed by atoms with Gasteiger partial charge in [0.25, 0.3) is 0 Å². The molecule has 16 heavy (non-hydrogen) atoms. The van der Waals surface area contributed by atoms with Gasteiger partial charge in [-0.3, -0.25) is 0 Å². The molecular formula is C11H19N3O2. The summed E-state index contributed by atoms with van der Waals surface area (Å²) in [7, 11) is 1.52. The minimum absolute atomic E-state index is 0.360. The Morgan fingerprint density at radius 3 is 2.62 bits per heavy atom. The van der Waals surface area contributed by atoms with Crippen LogP contribution in [-0.4, -0.2) is 23.7 Å². The predicted molar refractivity (Wildman–Crippen MR) is 62.6 cm³/mol. The van der Waals surface area contributed by atoms with Crippen molar-refractivity contribution in [1.82, 2.24) is 9.97 Å². The fourth-order valence-corrected chi connectivity index (χ4v) is 1.34. The molecule has 0 saturated heterocycles. The van der Waals surface area contributed by atoms with Gasteiger partial charge in [-0.05, 0) is 6.42 Å². The molecular weight excluding hydrogens is 206 g/mol. The summed E-state index contributed by atoms with van der Waals surface area (Å²) in [6.07, 6.45) is 6.00. The fraction of sp³-hybridized carbons (Fsp3) is 0.636. The Kier molecular flexibility index (Phi) is 5.39. The molecule has 1 heterocycles. The van der Waals surface area contributed by atoms with Gasteiger partial charge < -0.3 is 15.2 Å². The van der Waals surface area contributed by atoms with E-state index in [1.165, 1.54) is 32.7 Å². The van der Waals surface area contributed by atoms with Crippen molar-refractivity contribution in [2.45, 2.75) is 32.6 Å². The molecule has 1 rings (SSSR count). The van der Waals surface area contributed by atoms with E-state index in [1.54, 1.807) is 0 Å². The van der Waals surface area contributed by atoms with Crippen LogP contribution in [0.3, 0.4) is 0 Å². The van der Waals surface area contributed by atoms with Gasteiger partial charge in [0.05, 0.1) is 13.7 Å². The lowest BCUT2D eigenvalue weighted by Gasteiger charge is -2.09. The zero-order valence-electron chi connectivity index (χ0n) is 9.90. The monoisotopic (exact) mass is 225 g/mol. The first-order valence-electron chi connectivity index (χ1n) is 5.56. The summed E-state index contributed by atoms with van der Waals surface area (Å²) in [6.45, 7) is 2.80. The Balaban J connectivity index is 2.41. The largest absolute Gasteiger partial charge is 0.479 e. The van der Waals surface area contributed by atoms with Crippen LogP contribution in [0.4, 0.5) is 5.69 Å². The maximum Gasteiger partial charge on any atom is 0.244 e. The third kappa shape index (κ3) is 3.56. The highest BCUT2D eigenvalue weighted by Gasteiger charge is 2.08. The van der Waals surface area contributed by atoms with Gasteiger partial charge in [0, 0.05) is 0 Å². The second kappa shape index (κ2) is 6.87. The minimum Gasteiger partial charge on any atom is -0.479 e. The predicted octanol–water partition coefficient (Wildman–Crippen LogP) is 2.03. The molecule has 0 saturated carbocycles. The maximum absolute atomic E-state index is 5.76. The third-order valence-corrected chi connectivity index (χ3v) is 2.24. The van der Waals surface area contributed by atoms with E-state index in [0.29, 0.717) is 24.1 Å².